The highest BCUT2D eigenvalue weighted by Crippen LogP contribution is 2.35. The highest BCUT2D eigenvalue weighted by atomic mass is 32.2. The van der Waals surface area contributed by atoms with Gasteiger partial charge in [-0.25, -0.2) is 8.42 Å². The van der Waals surface area contributed by atoms with Gasteiger partial charge in [0.2, 0.25) is 0 Å². The first-order valence-corrected chi connectivity index (χ1v) is 11.6. The molecule has 1 aliphatic heterocycles. The van der Waals surface area contributed by atoms with Crippen molar-refractivity contribution in [1.82, 2.24) is 0 Å². The van der Waals surface area contributed by atoms with E-state index >= 15 is 0 Å². The van der Waals surface area contributed by atoms with Gasteiger partial charge < -0.3 is 9.64 Å². The Hall–Kier alpha value is -3.32. The van der Waals surface area contributed by atoms with Crippen molar-refractivity contribution in [3.63, 3.8) is 0 Å². The number of sulfonamides is 1. The average Bonchev–Trinajstić information content (AvgIpc) is 3.10. The summed E-state index contributed by atoms with van der Waals surface area (Å²) in [6.45, 7) is 4.40. The number of carbonyl (C=O) groups is 1. The topological polar surface area (TPSA) is 75.7 Å². The maximum absolute atomic E-state index is 13.0. The molecule has 4 rings (SSSR count). The Morgan fingerprint density at radius 1 is 1.06 bits per heavy atom. The Morgan fingerprint density at radius 2 is 1.77 bits per heavy atom. The molecule has 0 fully saturated rings. The van der Waals surface area contributed by atoms with Crippen LogP contribution in [0.5, 0.6) is 5.75 Å². The van der Waals surface area contributed by atoms with Crippen LogP contribution in [-0.2, 0) is 16.4 Å². The van der Waals surface area contributed by atoms with Crippen LogP contribution in [-0.4, -0.2) is 27.0 Å². The summed E-state index contributed by atoms with van der Waals surface area (Å²) in [5.41, 5.74) is 2.65. The van der Waals surface area contributed by atoms with Gasteiger partial charge in [-0.15, -0.1) is 0 Å². The first-order chi connectivity index (χ1) is 14.9. The van der Waals surface area contributed by atoms with Crippen LogP contribution in [0.25, 0.3) is 0 Å². The molecule has 0 spiro atoms. The summed E-state index contributed by atoms with van der Waals surface area (Å²) >= 11 is 0. The lowest BCUT2D eigenvalue weighted by atomic mass is 10.1. The van der Waals surface area contributed by atoms with Gasteiger partial charge in [-0.2, -0.15) is 0 Å². The zero-order valence-electron chi connectivity index (χ0n) is 17.4. The molecule has 1 atom stereocenters. The van der Waals surface area contributed by atoms with Gasteiger partial charge in [-0.1, -0.05) is 18.2 Å². The normalized spacial score (nSPS) is 15.4. The van der Waals surface area contributed by atoms with Crippen molar-refractivity contribution in [3.8, 4) is 5.75 Å². The van der Waals surface area contributed by atoms with Crippen molar-refractivity contribution in [2.75, 3.05) is 16.2 Å². The second kappa shape index (κ2) is 8.43. The zero-order chi connectivity index (χ0) is 22.0. The minimum absolute atomic E-state index is 0.0558. The molecule has 3 aromatic rings. The number of carbonyl (C=O) groups excluding carboxylic acids is 1. The van der Waals surface area contributed by atoms with Gasteiger partial charge in [0, 0.05) is 23.0 Å². The number of rotatable bonds is 6. The number of nitrogens with one attached hydrogen (secondary N) is 1. The summed E-state index contributed by atoms with van der Waals surface area (Å²) in [5.74, 6) is 0.593. The van der Waals surface area contributed by atoms with E-state index < -0.39 is 10.0 Å². The fourth-order valence-corrected chi connectivity index (χ4v) is 4.91. The molecule has 1 amide bonds. The lowest BCUT2D eigenvalue weighted by molar-refractivity contribution is 0.0981. The van der Waals surface area contributed by atoms with E-state index in [1.807, 2.05) is 32.0 Å². The molecule has 0 bridgehead atoms. The molecule has 3 aromatic carbocycles. The predicted octanol–water partition coefficient (Wildman–Crippen LogP) is 4.48. The molecule has 160 valence electrons. The largest absolute Gasteiger partial charge is 0.494 e. The summed E-state index contributed by atoms with van der Waals surface area (Å²) in [4.78, 5) is 14.9. The van der Waals surface area contributed by atoms with Crippen molar-refractivity contribution < 1.29 is 17.9 Å². The predicted molar refractivity (Wildman–Crippen MR) is 121 cm³/mol. The fourth-order valence-electron chi connectivity index (χ4n) is 3.80. The van der Waals surface area contributed by atoms with E-state index in [0.29, 0.717) is 30.0 Å². The number of hydrogen-bond acceptors (Lipinski definition) is 4. The van der Waals surface area contributed by atoms with Gasteiger partial charge >= 0.3 is 0 Å². The molecule has 7 heteroatoms. The number of fused-ring (bicyclic) bond motifs is 1. The van der Waals surface area contributed by atoms with Crippen LogP contribution in [0.2, 0.25) is 0 Å². The van der Waals surface area contributed by atoms with Gasteiger partial charge in [-0.3, -0.25) is 9.52 Å². The van der Waals surface area contributed by atoms with Gasteiger partial charge in [0.05, 0.1) is 11.5 Å². The average molecular weight is 437 g/mol. The van der Waals surface area contributed by atoms with E-state index in [-0.39, 0.29) is 16.8 Å². The first kappa shape index (κ1) is 20.9. The lowest BCUT2D eigenvalue weighted by Crippen LogP contribution is -2.35. The van der Waals surface area contributed by atoms with E-state index in [1.54, 1.807) is 59.5 Å². The molecule has 1 N–H and O–H groups in total. The Kier molecular flexibility index (Phi) is 5.69. The highest BCUT2D eigenvalue weighted by molar-refractivity contribution is 7.92. The van der Waals surface area contributed by atoms with Crippen molar-refractivity contribution in [2.45, 2.75) is 31.2 Å². The molecular formula is C24H24N2O4S. The van der Waals surface area contributed by atoms with Gasteiger partial charge in [0.1, 0.15) is 5.75 Å². The molecule has 0 aromatic heterocycles. The van der Waals surface area contributed by atoms with Crippen molar-refractivity contribution in [3.05, 3.63) is 83.9 Å². The third kappa shape index (κ3) is 4.27. The van der Waals surface area contributed by atoms with Crippen LogP contribution in [0.4, 0.5) is 11.4 Å². The Labute approximate surface area is 182 Å². The molecule has 1 heterocycles. The summed E-state index contributed by atoms with van der Waals surface area (Å²) in [5, 5.41) is 0. The van der Waals surface area contributed by atoms with Crippen LogP contribution < -0.4 is 14.4 Å². The molecule has 0 saturated carbocycles. The van der Waals surface area contributed by atoms with E-state index in [2.05, 4.69) is 4.72 Å². The summed E-state index contributed by atoms with van der Waals surface area (Å²) < 4.78 is 33.8. The van der Waals surface area contributed by atoms with Crippen molar-refractivity contribution in [1.29, 1.82) is 0 Å². The number of amides is 1. The summed E-state index contributed by atoms with van der Waals surface area (Å²) in [7, 11) is -3.76. The third-order valence-corrected chi connectivity index (χ3v) is 6.61. The second-order valence-electron chi connectivity index (χ2n) is 7.45. The quantitative estimate of drug-likeness (QED) is 0.618. The smallest absolute Gasteiger partial charge is 0.261 e. The van der Waals surface area contributed by atoms with Crippen LogP contribution in [0, 0.1) is 0 Å². The van der Waals surface area contributed by atoms with E-state index in [4.69, 9.17) is 4.74 Å². The lowest BCUT2D eigenvalue weighted by Gasteiger charge is -2.23. The molecule has 6 nitrogen and oxygen atoms in total. The van der Waals surface area contributed by atoms with Crippen LogP contribution >= 0.6 is 0 Å². The monoisotopic (exact) mass is 436 g/mol. The zero-order valence-corrected chi connectivity index (χ0v) is 18.2. The Morgan fingerprint density at radius 3 is 2.45 bits per heavy atom. The standard InChI is InChI=1S/C24H24N2O4S/c1-3-30-21-11-9-20(10-12-21)25-31(28,29)22-13-14-23-19(16-22)15-17(2)26(23)24(27)18-7-5-4-6-8-18/h4-14,16-17,25H,3,15H2,1-2H3/t17-/m1/s1. The molecule has 0 unspecified atom stereocenters. The maximum Gasteiger partial charge on any atom is 0.261 e. The van der Waals surface area contributed by atoms with E-state index in [0.717, 1.165) is 11.3 Å². The summed E-state index contributed by atoms with van der Waals surface area (Å²) in [6.07, 6.45) is 0.598. The van der Waals surface area contributed by atoms with Crippen LogP contribution in [0.3, 0.4) is 0 Å². The first-order valence-electron chi connectivity index (χ1n) is 10.2. The molecule has 0 aliphatic carbocycles. The van der Waals surface area contributed by atoms with Gasteiger partial charge in [0.15, 0.2) is 0 Å². The second-order valence-corrected chi connectivity index (χ2v) is 9.13. The fraction of sp³-hybridized carbons (Fsp3) is 0.208. The number of ether oxygens (including phenoxy) is 1. The number of hydrogen-bond donors (Lipinski definition) is 1. The van der Waals surface area contributed by atoms with Gasteiger partial charge in [-0.05, 0) is 80.4 Å². The third-order valence-electron chi connectivity index (χ3n) is 5.23. The molecule has 31 heavy (non-hydrogen) atoms. The molecule has 0 radical (unpaired) electrons. The summed E-state index contributed by atoms with van der Waals surface area (Å²) in [6, 6.07) is 20.7. The number of anilines is 2. The van der Waals surface area contributed by atoms with E-state index in [9.17, 15) is 13.2 Å². The minimum atomic E-state index is -3.76. The number of benzene rings is 3. The minimum Gasteiger partial charge on any atom is -0.494 e. The molecule has 1 aliphatic rings. The molecular weight excluding hydrogens is 412 g/mol. The van der Waals surface area contributed by atoms with Crippen molar-refractivity contribution in [2.24, 2.45) is 0 Å². The highest BCUT2D eigenvalue weighted by Gasteiger charge is 2.32. The van der Waals surface area contributed by atoms with Gasteiger partial charge in [0.25, 0.3) is 15.9 Å². The SMILES string of the molecule is CCOc1ccc(NS(=O)(=O)c2ccc3c(c2)C[C@@H](C)N3C(=O)c2ccccc2)cc1. The van der Waals surface area contributed by atoms with Crippen LogP contribution in [0.1, 0.15) is 29.8 Å². The molecule has 0 saturated heterocycles. The van der Waals surface area contributed by atoms with Crippen molar-refractivity contribution >= 4 is 27.3 Å². The van der Waals surface area contributed by atoms with E-state index in [1.165, 1.54) is 0 Å². The maximum atomic E-state index is 13.0. The Balaban J connectivity index is 1.58. The van der Waals surface area contributed by atoms with Crippen LogP contribution in [0.15, 0.2) is 77.7 Å². The number of nitrogens with zero attached hydrogens (tertiary/aromatic N) is 1. The Bertz CT molecular complexity index is 1190.